The number of benzene rings is 2. The monoisotopic (exact) mass is 317 g/mol. The molecular formula is C23H27N. The highest BCUT2D eigenvalue weighted by molar-refractivity contribution is 5.81. The van der Waals surface area contributed by atoms with E-state index in [2.05, 4.69) is 86.5 Å². The van der Waals surface area contributed by atoms with Crippen molar-refractivity contribution in [1.82, 2.24) is 4.90 Å². The van der Waals surface area contributed by atoms with E-state index in [4.69, 9.17) is 0 Å². The molecule has 0 radical (unpaired) electrons. The Morgan fingerprint density at radius 2 is 1.58 bits per heavy atom. The van der Waals surface area contributed by atoms with Gasteiger partial charge >= 0.3 is 0 Å². The summed E-state index contributed by atoms with van der Waals surface area (Å²) in [6.45, 7) is 6.64. The van der Waals surface area contributed by atoms with Crippen LogP contribution >= 0.6 is 0 Å². The van der Waals surface area contributed by atoms with Crippen LogP contribution in [0.1, 0.15) is 35.1 Å². The van der Waals surface area contributed by atoms with Crippen molar-refractivity contribution in [2.24, 2.45) is 0 Å². The van der Waals surface area contributed by atoms with E-state index >= 15 is 0 Å². The molecule has 0 aliphatic carbocycles. The Bertz CT molecular complexity index is 740. The van der Waals surface area contributed by atoms with Crippen molar-refractivity contribution in [2.45, 2.75) is 26.7 Å². The van der Waals surface area contributed by atoms with Crippen molar-refractivity contribution in [3.8, 4) is 0 Å². The van der Waals surface area contributed by atoms with Crippen LogP contribution in [0.2, 0.25) is 0 Å². The molecule has 1 aliphatic rings. The Morgan fingerprint density at radius 3 is 2.25 bits per heavy atom. The van der Waals surface area contributed by atoms with Crippen molar-refractivity contribution in [2.75, 3.05) is 20.1 Å². The number of rotatable bonds is 3. The van der Waals surface area contributed by atoms with Crippen LogP contribution in [0, 0.1) is 13.8 Å². The van der Waals surface area contributed by atoms with E-state index < -0.39 is 0 Å². The molecule has 2 aromatic rings. The first-order valence-corrected chi connectivity index (χ1v) is 8.84. The van der Waals surface area contributed by atoms with E-state index in [0.717, 1.165) is 0 Å². The molecule has 24 heavy (non-hydrogen) atoms. The van der Waals surface area contributed by atoms with E-state index in [-0.39, 0.29) is 0 Å². The second-order valence-electron chi connectivity index (χ2n) is 6.94. The number of allylic oxidation sites excluding steroid dienone is 2. The fourth-order valence-corrected chi connectivity index (χ4v) is 3.18. The van der Waals surface area contributed by atoms with E-state index in [0.29, 0.717) is 0 Å². The zero-order valence-electron chi connectivity index (χ0n) is 15.0. The van der Waals surface area contributed by atoms with Gasteiger partial charge in [0.15, 0.2) is 0 Å². The van der Waals surface area contributed by atoms with Gasteiger partial charge in [0.25, 0.3) is 0 Å². The van der Waals surface area contributed by atoms with Gasteiger partial charge in [0.2, 0.25) is 0 Å². The van der Waals surface area contributed by atoms with Crippen LogP contribution in [-0.2, 0) is 0 Å². The minimum atomic E-state index is 1.17. The molecular weight excluding hydrogens is 290 g/mol. The molecule has 124 valence electrons. The van der Waals surface area contributed by atoms with Crippen LogP contribution in [-0.4, -0.2) is 25.0 Å². The zero-order valence-corrected chi connectivity index (χ0v) is 15.0. The summed E-state index contributed by atoms with van der Waals surface area (Å²) in [6.07, 6.45) is 7.04. The molecule has 1 nitrogen and oxygen atoms in total. The third-order valence-electron chi connectivity index (χ3n) is 4.81. The maximum absolute atomic E-state index is 2.41. The predicted octanol–water partition coefficient (Wildman–Crippen LogP) is 5.39. The van der Waals surface area contributed by atoms with Gasteiger partial charge in [0.1, 0.15) is 0 Å². The van der Waals surface area contributed by atoms with Crippen molar-refractivity contribution in [1.29, 1.82) is 0 Å². The lowest BCUT2D eigenvalue weighted by atomic mass is 9.94. The predicted molar refractivity (Wildman–Crippen MR) is 104 cm³/mol. The molecule has 1 aliphatic heterocycles. The normalized spacial score (nSPS) is 16.3. The van der Waals surface area contributed by atoms with Crippen LogP contribution < -0.4 is 0 Å². The van der Waals surface area contributed by atoms with Gasteiger partial charge in [-0.25, -0.2) is 0 Å². The Labute approximate surface area is 146 Å². The summed E-state index contributed by atoms with van der Waals surface area (Å²) in [4.78, 5) is 2.41. The van der Waals surface area contributed by atoms with Gasteiger partial charge in [0.05, 0.1) is 0 Å². The second-order valence-corrected chi connectivity index (χ2v) is 6.94. The lowest BCUT2D eigenvalue weighted by Gasteiger charge is -2.23. The first kappa shape index (κ1) is 16.7. The van der Waals surface area contributed by atoms with E-state index in [1.165, 1.54) is 53.8 Å². The summed E-state index contributed by atoms with van der Waals surface area (Å²) in [5.74, 6) is 0. The third kappa shape index (κ3) is 4.24. The lowest BCUT2D eigenvalue weighted by molar-refractivity contribution is 0.312. The minimum absolute atomic E-state index is 1.17. The maximum Gasteiger partial charge on any atom is 0.00158 e. The smallest absolute Gasteiger partial charge is 0.00158 e. The molecule has 0 N–H and O–H groups in total. The Hall–Kier alpha value is -2.12. The standard InChI is InChI=1S/C23H27N/c1-18-7-10-21(11-8-18)23(22-6-4-5-19(2)17-22)12-9-20-13-15-24(3)16-14-20/h4-12,17H,13-16H2,1-3H3/b23-12+. The summed E-state index contributed by atoms with van der Waals surface area (Å²) in [5, 5.41) is 0. The van der Waals surface area contributed by atoms with Crippen molar-refractivity contribution < 1.29 is 0 Å². The van der Waals surface area contributed by atoms with Crippen molar-refractivity contribution >= 4 is 5.57 Å². The topological polar surface area (TPSA) is 3.24 Å². The summed E-state index contributed by atoms with van der Waals surface area (Å²) in [7, 11) is 2.21. The van der Waals surface area contributed by atoms with Gasteiger partial charge in [-0.15, -0.1) is 0 Å². The van der Waals surface area contributed by atoms with Crippen molar-refractivity contribution in [3.05, 3.63) is 88.5 Å². The van der Waals surface area contributed by atoms with Gasteiger partial charge in [-0.3, -0.25) is 0 Å². The number of hydrogen-bond donors (Lipinski definition) is 0. The highest BCUT2D eigenvalue weighted by Gasteiger charge is 2.10. The van der Waals surface area contributed by atoms with Crippen LogP contribution in [0.4, 0.5) is 0 Å². The average Bonchev–Trinajstić information content (AvgIpc) is 2.58. The lowest BCUT2D eigenvalue weighted by Crippen LogP contribution is -2.26. The molecule has 0 unspecified atom stereocenters. The number of hydrogen-bond acceptors (Lipinski definition) is 1. The number of nitrogens with zero attached hydrogens (tertiary/aromatic N) is 1. The van der Waals surface area contributed by atoms with Gasteiger partial charge < -0.3 is 4.90 Å². The maximum atomic E-state index is 2.41. The molecule has 1 saturated heterocycles. The van der Waals surface area contributed by atoms with Crippen molar-refractivity contribution in [3.63, 3.8) is 0 Å². The van der Waals surface area contributed by atoms with E-state index in [9.17, 15) is 0 Å². The number of aryl methyl sites for hydroxylation is 2. The molecule has 2 aromatic carbocycles. The van der Waals surface area contributed by atoms with Crippen LogP contribution in [0.25, 0.3) is 5.57 Å². The summed E-state index contributed by atoms with van der Waals surface area (Å²) in [5.41, 5.74) is 8.06. The average molecular weight is 317 g/mol. The number of piperidine rings is 1. The fraction of sp³-hybridized carbons (Fsp3) is 0.304. The largest absolute Gasteiger partial charge is 0.306 e. The molecule has 0 bridgehead atoms. The van der Waals surface area contributed by atoms with Gasteiger partial charge in [-0.2, -0.15) is 0 Å². The van der Waals surface area contributed by atoms with E-state index in [1.807, 2.05) is 0 Å². The molecule has 1 heteroatoms. The zero-order chi connectivity index (χ0) is 16.9. The molecule has 1 fully saturated rings. The van der Waals surface area contributed by atoms with Crippen LogP contribution in [0.3, 0.4) is 0 Å². The van der Waals surface area contributed by atoms with Crippen LogP contribution in [0.5, 0.6) is 0 Å². The molecule has 3 rings (SSSR count). The molecule has 0 spiro atoms. The molecule has 1 heterocycles. The molecule has 0 atom stereocenters. The Balaban J connectivity index is 1.97. The second kappa shape index (κ2) is 7.63. The fourth-order valence-electron chi connectivity index (χ4n) is 3.18. The van der Waals surface area contributed by atoms with Gasteiger partial charge in [-0.1, -0.05) is 77.4 Å². The number of likely N-dealkylation sites (tertiary alicyclic amines) is 1. The van der Waals surface area contributed by atoms with Crippen LogP contribution in [0.15, 0.2) is 66.3 Å². The minimum Gasteiger partial charge on any atom is -0.306 e. The highest BCUT2D eigenvalue weighted by Crippen LogP contribution is 2.26. The highest BCUT2D eigenvalue weighted by atomic mass is 15.1. The molecule has 0 saturated carbocycles. The summed E-state index contributed by atoms with van der Waals surface area (Å²) in [6, 6.07) is 17.7. The molecule has 0 aromatic heterocycles. The first-order chi connectivity index (χ1) is 11.6. The summed E-state index contributed by atoms with van der Waals surface area (Å²) >= 11 is 0. The van der Waals surface area contributed by atoms with E-state index in [1.54, 1.807) is 5.57 Å². The Morgan fingerprint density at radius 1 is 0.875 bits per heavy atom. The van der Waals surface area contributed by atoms with Gasteiger partial charge in [-0.05, 0) is 50.4 Å². The Kier molecular flexibility index (Phi) is 5.32. The summed E-state index contributed by atoms with van der Waals surface area (Å²) < 4.78 is 0. The third-order valence-corrected chi connectivity index (χ3v) is 4.81. The quantitative estimate of drug-likeness (QED) is 0.734. The van der Waals surface area contributed by atoms with Gasteiger partial charge in [0, 0.05) is 13.1 Å². The first-order valence-electron chi connectivity index (χ1n) is 8.84. The molecule has 0 amide bonds. The SMILES string of the molecule is Cc1ccc(/C(=C\C=C2CCN(C)CC2)c2cccc(C)c2)cc1.